The topological polar surface area (TPSA) is 56.0 Å². The molecule has 0 saturated carbocycles. The summed E-state index contributed by atoms with van der Waals surface area (Å²) < 4.78 is 0.928. The summed E-state index contributed by atoms with van der Waals surface area (Å²) in [5, 5.41) is 0.405. The molecule has 0 amide bonds. The van der Waals surface area contributed by atoms with Crippen LogP contribution < -0.4 is 5.73 Å². The summed E-state index contributed by atoms with van der Waals surface area (Å²) in [6, 6.07) is 7.66. The van der Waals surface area contributed by atoms with Crippen molar-refractivity contribution in [2.75, 3.05) is 5.73 Å². The van der Waals surface area contributed by atoms with Crippen molar-refractivity contribution in [2.24, 2.45) is 0 Å². The first kappa shape index (κ1) is 10.3. The third kappa shape index (κ3) is 1.93. The maximum Gasteiger partial charge on any atom is 0.181 e. The smallest absolute Gasteiger partial charge is 0.181 e. The third-order valence-corrected chi connectivity index (χ3v) is 3.53. The maximum absolute atomic E-state index is 10.8. The number of hydrogen-bond acceptors (Lipinski definition) is 4. The van der Waals surface area contributed by atoms with Gasteiger partial charge < -0.3 is 5.73 Å². The van der Waals surface area contributed by atoms with Crippen LogP contribution in [-0.2, 0) is 0 Å². The molecule has 0 radical (unpaired) electrons. The van der Waals surface area contributed by atoms with Gasteiger partial charge in [0.15, 0.2) is 11.4 Å². The number of benzene rings is 1. The van der Waals surface area contributed by atoms with Gasteiger partial charge in [0.25, 0.3) is 0 Å². The fourth-order valence-corrected chi connectivity index (χ4v) is 2.72. The van der Waals surface area contributed by atoms with Gasteiger partial charge in [0, 0.05) is 10.0 Å². The molecule has 2 rings (SSSR count). The quantitative estimate of drug-likeness (QED) is 0.862. The molecule has 0 spiro atoms. The molecule has 5 heteroatoms. The normalized spacial score (nSPS) is 10.2. The van der Waals surface area contributed by atoms with Crippen LogP contribution in [0, 0.1) is 0 Å². The Balaban J connectivity index is 2.63. The predicted octanol–water partition coefficient (Wildman–Crippen LogP) is 2.97. The lowest BCUT2D eigenvalue weighted by Crippen LogP contribution is -1.86. The minimum atomic E-state index is 0.393. The average molecular weight is 283 g/mol. The number of rotatable bonds is 2. The SMILES string of the molecule is Nc1nc(C=O)c(-c2ccccc2Br)s1. The molecule has 0 aliphatic rings. The average Bonchev–Trinajstić information content (AvgIpc) is 2.60. The van der Waals surface area contributed by atoms with Gasteiger partial charge in [0.2, 0.25) is 0 Å². The van der Waals surface area contributed by atoms with Gasteiger partial charge in [-0.15, -0.1) is 0 Å². The standard InChI is InChI=1S/C10H7BrN2OS/c11-7-4-2-1-3-6(7)9-8(5-14)13-10(12)15-9/h1-5H,(H2,12,13). The number of anilines is 1. The molecule has 0 fully saturated rings. The number of aldehydes is 1. The largest absolute Gasteiger partial charge is 0.375 e. The summed E-state index contributed by atoms with van der Waals surface area (Å²) in [4.78, 5) is 15.6. The van der Waals surface area contributed by atoms with E-state index in [9.17, 15) is 4.79 Å². The van der Waals surface area contributed by atoms with Crippen LogP contribution in [0.2, 0.25) is 0 Å². The first-order valence-corrected chi connectivity index (χ1v) is 5.79. The molecule has 15 heavy (non-hydrogen) atoms. The number of nitrogen functional groups attached to an aromatic ring is 1. The van der Waals surface area contributed by atoms with E-state index in [-0.39, 0.29) is 0 Å². The van der Waals surface area contributed by atoms with Gasteiger partial charge in [0.05, 0.1) is 4.88 Å². The van der Waals surface area contributed by atoms with Crippen molar-refractivity contribution in [3.05, 3.63) is 34.4 Å². The van der Waals surface area contributed by atoms with E-state index in [1.807, 2.05) is 24.3 Å². The number of thiazole rings is 1. The van der Waals surface area contributed by atoms with Crippen LogP contribution >= 0.6 is 27.3 Å². The van der Waals surface area contributed by atoms with Gasteiger partial charge >= 0.3 is 0 Å². The molecule has 0 aliphatic heterocycles. The Morgan fingerprint density at radius 2 is 2.13 bits per heavy atom. The molecule has 1 aromatic heterocycles. The van der Waals surface area contributed by atoms with Crippen molar-refractivity contribution in [1.29, 1.82) is 0 Å². The van der Waals surface area contributed by atoms with Crippen LogP contribution in [-0.4, -0.2) is 11.3 Å². The van der Waals surface area contributed by atoms with Crippen LogP contribution in [0.1, 0.15) is 10.5 Å². The summed E-state index contributed by atoms with van der Waals surface area (Å²) in [5.74, 6) is 0. The molecular weight excluding hydrogens is 276 g/mol. The van der Waals surface area contributed by atoms with Crippen molar-refractivity contribution in [3.63, 3.8) is 0 Å². The number of nitrogens with two attached hydrogens (primary N) is 1. The number of halogens is 1. The Labute approximate surface area is 99.1 Å². The second-order valence-electron chi connectivity index (χ2n) is 2.86. The van der Waals surface area contributed by atoms with E-state index < -0.39 is 0 Å². The zero-order chi connectivity index (χ0) is 10.8. The highest BCUT2D eigenvalue weighted by molar-refractivity contribution is 9.10. The number of aromatic nitrogens is 1. The first-order valence-electron chi connectivity index (χ1n) is 4.18. The lowest BCUT2D eigenvalue weighted by Gasteiger charge is -2.00. The van der Waals surface area contributed by atoms with Gasteiger partial charge in [-0.05, 0) is 6.07 Å². The summed E-state index contributed by atoms with van der Waals surface area (Å²) in [6.07, 6.45) is 0.724. The lowest BCUT2D eigenvalue weighted by atomic mass is 10.2. The van der Waals surface area contributed by atoms with Gasteiger partial charge in [-0.1, -0.05) is 45.5 Å². The fourth-order valence-electron chi connectivity index (χ4n) is 1.27. The number of hydrogen-bond donors (Lipinski definition) is 1. The zero-order valence-corrected chi connectivity index (χ0v) is 10.0. The summed E-state index contributed by atoms with van der Waals surface area (Å²) in [7, 11) is 0. The Hall–Kier alpha value is -1.20. The van der Waals surface area contributed by atoms with Crippen LogP contribution in [0.4, 0.5) is 5.13 Å². The zero-order valence-electron chi connectivity index (χ0n) is 7.61. The van der Waals surface area contributed by atoms with E-state index >= 15 is 0 Å². The molecule has 0 atom stereocenters. The second kappa shape index (κ2) is 4.12. The van der Waals surface area contributed by atoms with E-state index in [0.29, 0.717) is 10.8 Å². The highest BCUT2D eigenvalue weighted by Gasteiger charge is 2.12. The van der Waals surface area contributed by atoms with Crippen LogP contribution in [0.15, 0.2) is 28.7 Å². The van der Waals surface area contributed by atoms with E-state index in [4.69, 9.17) is 5.73 Å². The molecule has 3 nitrogen and oxygen atoms in total. The van der Waals surface area contributed by atoms with Crippen LogP contribution in [0.3, 0.4) is 0 Å². The number of nitrogens with zero attached hydrogens (tertiary/aromatic N) is 1. The van der Waals surface area contributed by atoms with E-state index in [1.165, 1.54) is 11.3 Å². The highest BCUT2D eigenvalue weighted by atomic mass is 79.9. The Morgan fingerprint density at radius 1 is 1.40 bits per heavy atom. The molecule has 76 valence electrons. The lowest BCUT2D eigenvalue weighted by molar-refractivity contribution is 0.112. The minimum Gasteiger partial charge on any atom is -0.375 e. The Kier molecular flexibility index (Phi) is 2.83. The number of carbonyl (C=O) groups excluding carboxylic acids is 1. The molecule has 0 saturated heterocycles. The van der Waals surface area contributed by atoms with Crippen LogP contribution in [0.25, 0.3) is 10.4 Å². The van der Waals surface area contributed by atoms with Crippen molar-refractivity contribution < 1.29 is 4.79 Å². The minimum absolute atomic E-state index is 0.393. The van der Waals surface area contributed by atoms with Gasteiger partial charge in [-0.25, -0.2) is 4.98 Å². The van der Waals surface area contributed by atoms with Crippen LogP contribution in [0.5, 0.6) is 0 Å². The molecule has 0 aliphatic carbocycles. The van der Waals surface area contributed by atoms with Crippen molar-refractivity contribution in [3.8, 4) is 10.4 Å². The van der Waals surface area contributed by atoms with Gasteiger partial charge in [0.1, 0.15) is 5.69 Å². The Morgan fingerprint density at radius 3 is 2.80 bits per heavy atom. The fraction of sp³-hybridized carbons (Fsp3) is 0. The van der Waals surface area contributed by atoms with Crippen molar-refractivity contribution in [2.45, 2.75) is 0 Å². The van der Waals surface area contributed by atoms with E-state index in [2.05, 4.69) is 20.9 Å². The molecular formula is C10H7BrN2OS. The maximum atomic E-state index is 10.8. The summed E-state index contributed by atoms with van der Waals surface area (Å²) in [5.41, 5.74) is 6.91. The summed E-state index contributed by atoms with van der Waals surface area (Å²) >= 11 is 4.74. The molecule has 1 aromatic carbocycles. The second-order valence-corrected chi connectivity index (χ2v) is 4.75. The number of carbonyl (C=O) groups is 1. The predicted molar refractivity (Wildman–Crippen MR) is 65.0 cm³/mol. The van der Waals surface area contributed by atoms with E-state index in [1.54, 1.807) is 0 Å². The van der Waals surface area contributed by atoms with Gasteiger partial charge in [-0.3, -0.25) is 4.79 Å². The Bertz CT molecular complexity index is 510. The first-order chi connectivity index (χ1) is 7.22. The molecule has 2 N–H and O–H groups in total. The molecule has 0 bridgehead atoms. The molecule has 2 aromatic rings. The summed E-state index contributed by atoms with van der Waals surface area (Å²) in [6.45, 7) is 0. The van der Waals surface area contributed by atoms with Crippen molar-refractivity contribution in [1.82, 2.24) is 4.98 Å². The third-order valence-electron chi connectivity index (χ3n) is 1.90. The molecule has 1 heterocycles. The van der Waals surface area contributed by atoms with E-state index in [0.717, 1.165) is 21.2 Å². The monoisotopic (exact) mass is 282 g/mol. The molecule has 0 unspecified atom stereocenters. The van der Waals surface area contributed by atoms with Gasteiger partial charge in [-0.2, -0.15) is 0 Å². The van der Waals surface area contributed by atoms with Crippen molar-refractivity contribution >= 4 is 38.7 Å². The highest BCUT2D eigenvalue weighted by Crippen LogP contribution is 2.35.